The van der Waals surface area contributed by atoms with E-state index in [4.69, 9.17) is 8.85 Å². The van der Waals surface area contributed by atoms with Crippen LogP contribution in [0.5, 0.6) is 0 Å². The first-order valence-electron chi connectivity index (χ1n) is 3.89. The summed E-state index contributed by atoms with van der Waals surface area (Å²) in [5.74, 6) is 0. The van der Waals surface area contributed by atoms with E-state index in [1.54, 1.807) is 14.2 Å². The third-order valence-electron chi connectivity index (χ3n) is 2.08. The first-order valence-corrected chi connectivity index (χ1v) is 6.20. The average molecular weight is 174 g/mol. The molecule has 12 heavy (non-hydrogen) atoms. The van der Waals surface area contributed by atoms with Gasteiger partial charge in [-0.2, -0.15) is 0 Å². The van der Waals surface area contributed by atoms with Crippen molar-refractivity contribution in [1.82, 2.24) is 0 Å². The Hall–Kier alpha value is -0.0457. The van der Waals surface area contributed by atoms with Crippen LogP contribution in [-0.4, -0.2) is 38.1 Å². The van der Waals surface area contributed by atoms with Crippen LogP contribution in [0, 0.1) is 0 Å². The van der Waals surface area contributed by atoms with E-state index >= 15 is 0 Å². The normalized spacial score (nSPS) is 11.7. The van der Waals surface area contributed by atoms with Crippen LogP contribution in [-0.2, 0) is 8.85 Å². The Morgan fingerprint density at radius 3 is 2.00 bits per heavy atom. The van der Waals surface area contributed by atoms with Gasteiger partial charge in [0.1, 0.15) is 0 Å². The van der Waals surface area contributed by atoms with E-state index < -0.39 is 6.89 Å². The Kier molecular flexibility index (Phi) is 3.57. The second-order valence-corrected chi connectivity index (χ2v) is 6.01. The van der Waals surface area contributed by atoms with Crippen LogP contribution in [0.1, 0.15) is 0 Å². The fraction of sp³-hybridized carbons (Fsp3) is 0.250. The first kappa shape index (κ1) is 10.0. The van der Waals surface area contributed by atoms with Crippen molar-refractivity contribution in [2.24, 2.45) is 0 Å². The number of hydrogen-bond donors (Lipinski definition) is 0. The summed E-state index contributed by atoms with van der Waals surface area (Å²) in [5, 5.41) is 1.16. The summed E-state index contributed by atoms with van der Waals surface area (Å²) in [6, 6.07) is 10.1. The molecular weight excluding hydrogens is 163 g/mol. The van der Waals surface area contributed by atoms with E-state index in [-0.39, 0.29) is 0 Å². The van der Waals surface area contributed by atoms with Crippen molar-refractivity contribution in [3.05, 3.63) is 30.3 Å². The Labute approximate surface area is 82.7 Å². The summed E-state index contributed by atoms with van der Waals surface area (Å²) in [7, 11) is 3.39. The van der Waals surface area contributed by atoms with Crippen molar-refractivity contribution in [2.75, 3.05) is 14.2 Å². The van der Waals surface area contributed by atoms with E-state index in [1.807, 2.05) is 47.4 Å². The molecule has 0 unspecified atom stereocenters. The molecule has 0 amide bonds. The Balaban J connectivity index is 2.95. The Bertz CT molecular complexity index is 236. The van der Waals surface area contributed by atoms with Crippen LogP contribution in [0.25, 0.3) is 0 Å². The number of benzene rings is 1. The van der Waals surface area contributed by atoms with E-state index in [0.29, 0.717) is 0 Å². The molecule has 0 N–H and O–H groups in total. The minimum absolute atomic E-state index is 1.16. The molecule has 0 saturated carbocycles. The van der Waals surface area contributed by atoms with Gasteiger partial charge in [0, 0.05) is 0 Å². The van der Waals surface area contributed by atoms with Crippen molar-refractivity contribution in [1.29, 1.82) is 0 Å². The topological polar surface area (TPSA) is 18.5 Å². The monoisotopic (exact) mass is 174 g/mol. The van der Waals surface area contributed by atoms with Crippen LogP contribution in [0.3, 0.4) is 0 Å². The van der Waals surface area contributed by atoms with E-state index in [2.05, 4.69) is 0 Å². The zero-order valence-electron chi connectivity index (χ0n) is 7.70. The van der Waals surface area contributed by atoms with Crippen molar-refractivity contribution in [3.8, 4) is 0 Å². The van der Waals surface area contributed by atoms with Gasteiger partial charge in [-0.05, 0) is 0 Å². The average Bonchev–Trinajstić information content (AvgIpc) is 2.18. The maximum atomic E-state index is 5.39. The molecule has 1 aromatic rings. The standard InChI is InChI=1S/C8H11O2Si.Li/c1-9-11(10-2)8-6-4-3-5-7-8;/h3-7H,1-2H3;. The van der Waals surface area contributed by atoms with Gasteiger partial charge in [0.25, 0.3) is 0 Å². The molecule has 0 fully saturated rings. The SMILES string of the molecule is [Li][Si](OC)(OC)c1ccccc1. The maximum absolute atomic E-state index is 5.39. The van der Waals surface area contributed by atoms with E-state index in [1.165, 1.54) is 0 Å². The molecular formula is C8H11LiO2Si. The number of hydrogen-bond acceptors (Lipinski definition) is 2. The van der Waals surface area contributed by atoms with Crippen LogP contribution >= 0.6 is 0 Å². The van der Waals surface area contributed by atoms with Gasteiger partial charge in [-0.1, -0.05) is 0 Å². The first-order chi connectivity index (χ1) is 5.73. The van der Waals surface area contributed by atoms with Gasteiger partial charge < -0.3 is 0 Å². The van der Waals surface area contributed by atoms with Crippen LogP contribution in [0.2, 0.25) is 0 Å². The summed E-state index contributed by atoms with van der Waals surface area (Å²) in [6.07, 6.45) is 0. The zero-order chi connectivity index (χ0) is 9.03. The summed E-state index contributed by atoms with van der Waals surface area (Å²) >= 11 is 2.03. The molecule has 0 bridgehead atoms. The summed E-state index contributed by atoms with van der Waals surface area (Å²) in [6.45, 7) is -2.07. The fourth-order valence-corrected chi connectivity index (χ4v) is 2.50. The zero-order valence-corrected chi connectivity index (χ0v) is 8.70. The van der Waals surface area contributed by atoms with Crippen molar-refractivity contribution in [2.45, 2.75) is 0 Å². The summed E-state index contributed by atoms with van der Waals surface area (Å²) in [5.41, 5.74) is 0. The van der Waals surface area contributed by atoms with E-state index in [9.17, 15) is 0 Å². The predicted molar refractivity (Wildman–Crippen MR) is 51.6 cm³/mol. The molecule has 0 heterocycles. The quantitative estimate of drug-likeness (QED) is 0.613. The van der Waals surface area contributed by atoms with Crippen LogP contribution < -0.4 is 5.19 Å². The van der Waals surface area contributed by atoms with Crippen molar-refractivity contribution in [3.63, 3.8) is 0 Å². The molecule has 0 radical (unpaired) electrons. The molecule has 0 aliphatic rings. The van der Waals surface area contributed by atoms with Gasteiger partial charge in [-0.15, -0.1) is 0 Å². The van der Waals surface area contributed by atoms with Crippen molar-refractivity contribution >= 4 is 29.1 Å². The molecule has 0 atom stereocenters. The molecule has 2 nitrogen and oxygen atoms in total. The van der Waals surface area contributed by atoms with Gasteiger partial charge in [0.15, 0.2) is 0 Å². The van der Waals surface area contributed by atoms with Gasteiger partial charge in [-0.3, -0.25) is 0 Å². The summed E-state index contributed by atoms with van der Waals surface area (Å²) < 4.78 is 10.8. The third-order valence-corrected chi connectivity index (χ3v) is 5.02. The molecule has 4 heteroatoms. The fourth-order valence-electron chi connectivity index (χ4n) is 1.06. The predicted octanol–water partition coefficient (Wildman–Crippen LogP) is 0.294. The third kappa shape index (κ3) is 2.00. The second kappa shape index (κ2) is 4.26. The number of rotatable bonds is 3. The van der Waals surface area contributed by atoms with Gasteiger partial charge in [0.05, 0.1) is 0 Å². The minimum atomic E-state index is -2.07. The van der Waals surface area contributed by atoms with Crippen molar-refractivity contribution < 1.29 is 8.85 Å². The molecule has 0 saturated heterocycles. The summed E-state index contributed by atoms with van der Waals surface area (Å²) in [4.78, 5) is 0. The molecule has 0 aliphatic carbocycles. The van der Waals surface area contributed by atoms with Gasteiger partial charge >= 0.3 is 82.5 Å². The Morgan fingerprint density at radius 1 is 1.08 bits per heavy atom. The molecule has 0 spiro atoms. The molecule has 0 aliphatic heterocycles. The molecule has 60 valence electrons. The van der Waals surface area contributed by atoms with Gasteiger partial charge in [0.2, 0.25) is 0 Å². The molecule has 1 rings (SSSR count). The van der Waals surface area contributed by atoms with Crippen LogP contribution in [0.4, 0.5) is 0 Å². The van der Waals surface area contributed by atoms with Gasteiger partial charge in [-0.25, -0.2) is 0 Å². The molecule has 1 aromatic carbocycles. The van der Waals surface area contributed by atoms with Crippen LogP contribution in [0.15, 0.2) is 30.3 Å². The Morgan fingerprint density at radius 2 is 1.58 bits per heavy atom. The second-order valence-electron chi connectivity index (χ2n) is 2.72. The van der Waals surface area contributed by atoms with E-state index in [0.717, 1.165) is 5.19 Å². The molecule has 0 aromatic heterocycles.